The minimum atomic E-state index is -0.0142. The number of fused-ring (bicyclic) bond motifs is 1. The summed E-state index contributed by atoms with van der Waals surface area (Å²) in [5, 5.41) is 3.49. The number of hydrogen-bond acceptors (Lipinski definition) is 3. The van der Waals surface area contributed by atoms with Crippen molar-refractivity contribution in [1.29, 1.82) is 0 Å². The van der Waals surface area contributed by atoms with Gasteiger partial charge >= 0.3 is 0 Å². The molecule has 0 spiro atoms. The first-order valence-corrected chi connectivity index (χ1v) is 10.2. The van der Waals surface area contributed by atoms with Gasteiger partial charge in [0.15, 0.2) is 0 Å². The van der Waals surface area contributed by atoms with Crippen molar-refractivity contribution >= 4 is 40.9 Å². The number of benzene rings is 1. The molecule has 1 N–H and O–H groups in total. The normalized spacial score (nSPS) is 16.8. The fourth-order valence-electron chi connectivity index (χ4n) is 3.66. The lowest BCUT2D eigenvalue weighted by Gasteiger charge is -2.17. The molecule has 1 aromatic carbocycles. The standard InChI is InChI=1S/C23H22ClN3O2/c24-20-5-1-3-18(14-20)17-4-2-11-27(12-10-17)22(29)9-6-16-13-19-7-8-21(28)26-23(19)25-15-16/h1,3,5-6,9-10,13-15H,2,4,7-8,11-12H2,(H,25,26,28)/b9-6+. The third-order valence-electron chi connectivity index (χ3n) is 5.22. The van der Waals surface area contributed by atoms with Gasteiger partial charge in [-0.3, -0.25) is 9.59 Å². The lowest BCUT2D eigenvalue weighted by molar-refractivity contribution is -0.125. The van der Waals surface area contributed by atoms with Crippen molar-refractivity contribution in [3.8, 4) is 0 Å². The fraction of sp³-hybridized carbons (Fsp3) is 0.261. The highest BCUT2D eigenvalue weighted by atomic mass is 35.5. The van der Waals surface area contributed by atoms with E-state index in [2.05, 4.69) is 22.4 Å². The molecule has 3 heterocycles. The number of halogens is 1. The first kappa shape index (κ1) is 19.4. The third-order valence-corrected chi connectivity index (χ3v) is 5.46. The molecule has 0 bridgehead atoms. The number of hydrogen-bond donors (Lipinski definition) is 1. The van der Waals surface area contributed by atoms with Crippen LogP contribution in [0.2, 0.25) is 5.02 Å². The van der Waals surface area contributed by atoms with Crippen LogP contribution >= 0.6 is 11.6 Å². The second-order valence-corrected chi connectivity index (χ2v) is 7.72. The minimum absolute atomic E-state index is 0.00479. The summed E-state index contributed by atoms with van der Waals surface area (Å²) in [7, 11) is 0. The van der Waals surface area contributed by atoms with Crippen LogP contribution in [-0.4, -0.2) is 34.8 Å². The van der Waals surface area contributed by atoms with Gasteiger partial charge in [0.2, 0.25) is 11.8 Å². The molecular weight excluding hydrogens is 386 g/mol. The smallest absolute Gasteiger partial charge is 0.246 e. The van der Waals surface area contributed by atoms with Crippen LogP contribution < -0.4 is 5.32 Å². The molecule has 0 unspecified atom stereocenters. The summed E-state index contributed by atoms with van der Waals surface area (Å²) in [4.78, 5) is 30.2. The van der Waals surface area contributed by atoms with Crippen LogP contribution in [0.15, 0.2) is 48.7 Å². The molecule has 2 amide bonds. The van der Waals surface area contributed by atoms with Gasteiger partial charge in [0.05, 0.1) is 0 Å². The molecule has 1 aromatic heterocycles. The zero-order valence-electron chi connectivity index (χ0n) is 16.0. The Bertz CT molecular complexity index is 1010. The Labute approximate surface area is 175 Å². The molecule has 5 nitrogen and oxygen atoms in total. The molecule has 6 heteroatoms. The molecule has 2 aliphatic heterocycles. The van der Waals surface area contributed by atoms with Crippen LogP contribution in [0.5, 0.6) is 0 Å². The molecule has 0 aliphatic carbocycles. The van der Waals surface area contributed by atoms with Gasteiger partial charge in [-0.25, -0.2) is 4.98 Å². The maximum absolute atomic E-state index is 12.7. The second-order valence-electron chi connectivity index (χ2n) is 7.29. The number of rotatable bonds is 3. The predicted octanol–water partition coefficient (Wildman–Crippen LogP) is 4.34. The SMILES string of the molecule is O=C1CCc2cc(/C=C/C(=O)N3CC=C(c4cccc(Cl)c4)CCC3)cnc2N1. The topological polar surface area (TPSA) is 62.3 Å². The van der Waals surface area contributed by atoms with E-state index in [0.717, 1.165) is 41.1 Å². The average Bonchev–Trinajstić information content (AvgIpc) is 2.98. The first-order valence-electron chi connectivity index (χ1n) is 9.79. The Balaban J connectivity index is 1.43. The van der Waals surface area contributed by atoms with Crippen molar-refractivity contribution in [3.63, 3.8) is 0 Å². The molecule has 148 valence electrons. The number of nitrogens with zero attached hydrogens (tertiary/aromatic N) is 2. The lowest BCUT2D eigenvalue weighted by atomic mass is 10.0. The van der Waals surface area contributed by atoms with Gasteiger partial charge in [-0.05, 0) is 65.8 Å². The Morgan fingerprint density at radius 3 is 2.97 bits per heavy atom. The summed E-state index contributed by atoms with van der Waals surface area (Å²) in [6.07, 6.45) is 10.2. The zero-order chi connectivity index (χ0) is 20.2. The molecule has 4 rings (SSSR count). The van der Waals surface area contributed by atoms with Crippen LogP contribution in [-0.2, 0) is 16.0 Å². The zero-order valence-corrected chi connectivity index (χ0v) is 16.8. The summed E-state index contributed by atoms with van der Waals surface area (Å²) in [6, 6.07) is 9.82. The van der Waals surface area contributed by atoms with Crippen molar-refractivity contribution < 1.29 is 9.59 Å². The Morgan fingerprint density at radius 2 is 2.10 bits per heavy atom. The summed E-state index contributed by atoms with van der Waals surface area (Å²) in [5.74, 6) is 0.602. The largest absolute Gasteiger partial charge is 0.335 e. The molecule has 0 fully saturated rings. The molecule has 29 heavy (non-hydrogen) atoms. The van der Waals surface area contributed by atoms with E-state index in [4.69, 9.17) is 11.6 Å². The van der Waals surface area contributed by atoms with E-state index >= 15 is 0 Å². The average molecular weight is 408 g/mol. The van der Waals surface area contributed by atoms with E-state index < -0.39 is 0 Å². The number of aryl methyl sites for hydroxylation is 1. The van der Waals surface area contributed by atoms with E-state index in [1.807, 2.05) is 29.2 Å². The number of carbonyl (C=O) groups excluding carboxylic acids is 2. The van der Waals surface area contributed by atoms with E-state index in [1.54, 1.807) is 18.3 Å². The molecule has 2 aromatic rings. The monoisotopic (exact) mass is 407 g/mol. The first-order chi connectivity index (χ1) is 14.1. The van der Waals surface area contributed by atoms with Gasteiger partial charge in [-0.1, -0.05) is 29.8 Å². The van der Waals surface area contributed by atoms with Gasteiger partial charge in [0.25, 0.3) is 0 Å². The summed E-state index contributed by atoms with van der Waals surface area (Å²) in [5.41, 5.74) is 4.21. The van der Waals surface area contributed by atoms with Gasteiger partial charge in [-0.15, -0.1) is 0 Å². The predicted molar refractivity (Wildman–Crippen MR) is 115 cm³/mol. The number of aromatic nitrogens is 1. The van der Waals surface area contributed by atoms with E-state index in [1.165, 1.54) is 5.57 Å². The van der Waals surface area contributed by atoms with Crippen LogP contribution in [0, 0.1) is 0 Å². The van der Waals surface area contributed by atoms with Crippen molar-refractivity contribution in [1.82, 2.24) is 9.88 Å². The second kappa shape index (κ2) is 8.62. The molecular formula is C23H22ClN3O2. The number of allylic oxidation sites excluding steroid dienone is 1. The van der Waals surface area contributed by atoms with Crippen LogP contribution in [0.4, 0.5) is 5.82 Å². The van der Waals surface area contributed by atoms with Gasteiger partial charge < -0.3 is 10.2 Å². The maximum atomic E-state index is 12.7. The molecule has 2 aliphatic rings. The van der Waals surface area contributed by atoms with Crippen molar-refractivity contribution in [2.45, 2.75) is 25.7 Å². The summed E-state index contributed by atoms with van der Waals surface area (Å²) in [6.45, 7) is 1.30. The number of pyridine rings is 1. The molecule has 0 saturated carbocycles. The highest BCUT2D eigenvalue weighted by Crippen LogP contribution is 2.25. The van der Waals surface area contributed by atoms with E-state index in [9.17, 15) is 9.59 Å². The number of carbonyl (C=O) groups is 2. The van der Waals surface area contributed by atoms with Crippen molar-refractivity contribution in [2.75, 3.05) is 18.4 Å². The number of anilines is 1. The van der Waals surface area contributed by atoms with E-state index in [-0.39, 0.29) is 11.8 Å². The van der Waals surface area contributed by atoms with Crippen molar-refractivity contribution in [2.24, 2.45) is 0 Å². The summed E-state index contributed by atoms with van der Waals surface area (Å²) >= 11 is 6.11. The lowest BCUT2D eigenvalue weighted by Crippen LogP contribution is -2.29. The van der Waals surface area contributed by atoms with Crippen LogP contribution in [0.1, 0.15) is 36.0 Å². The molecule has 0 atom stereocenters. The quantitative estimate of drug-likeness (QED) is 0.770. The highest BCUT2D eigenvalue weighted by molar-refractivity contribution is 6.30. The van der Waals surface area contributed by atoms with Gasteiger partial charge in [-0.2, -0.15) is 0 Å². The molecule has 0 radical (unpaired) electrons. The highest BCUT2D eigenvalue weighted by Gasteiger charge is 2.17. The summed E-state index contributed by atoms with van der Waals surface area (Å²) < 4.78 is 0. The van der Waals surface area contributed by atoms with Crippen LogP contribution in [0.3, 0.4) is 0 Å². The Morgan fingerprint density at radius 1 is 1.21 bits per heavy atom. The minimum Gasteiger partial charge on any atom is -0.335 e. The van der Waals surface area contributed by atoms with E-state index in [0.29, 0.717) is 25.2 Å². The Hall–Kier alpha value is -2.92. The molecule has 0 saturated heterocycles. The third kappa shape index (κ3) is 4.74. The maximum Gasteiger partial charge on any atom is 0.246 e. The Kier molecular flexibility index (Phi) is 5.76. The van der Waals surface area contributed by atoms with Gasteiger partial charge in [0, 0.05) is 36.8 Å². The number of amides is 2. The van der Waals surface area contributed by atoms with Crippen molar-refractivity contribution in [3.05, 3.63) is 70.4 Å². The van der Waals surface area contributed by atoms with Gasteiger partial charge in [0.1, 0.15) is 5.82 Å². The fourth-order valence-corrected chi connectivity index (χ4v) is 3.85. The number of nitrogens with one attached hydrogen (secondary N) is 1. The van der Waals surface area contributed by atoms with Crippen LogP contribution in [0.25, 0.3) is 11.6 Å².